The maximum Gasteiger partial charge on any atom is 0.329 e. The summed E-state index contributed by atoms with van der Waals surface area (Å²) in [5, 5.41) is 11.4. The summed E-state index contributed by atoms with van der Waals surface area (Å²) >= 11 is 0. The third-order valence-electron chi connectivity index (χ3n) is 1.74. The molecule has 1 aliphatic rings. The summed E-state index contributed by atoms with van der Waals surface area (Å²) < 4.78 is 4.94. The Bertz CT molecular complexity index is 132. The molecule has 0 aromatic carbocycles. The molecule has 64 valence electrons. The van der Waals surface area contributed by atoms with Crippen LogP contribution in [0.15, 0.2) is 0 Å². The lowest BCUT2D eigenvalue weighted by molar-refractivity contribution is -0.142. The van der Waals surface area contributed by atoms with Gasteiger partial charge in [0.15, 0.2) is 0 Å². The van der Waals surface area contributed by atoms with E-state index in [9.17, 15) is 4.79 Å². The first-order valence-corrected chi connectivity index (χ1v) is 3.79. The van der Waals surface area contributed by atoms with Crippen molar-refractivity contribution in [1.82, 2.24) is 5.32 Å². The van der Waals surface area contributed by atoms with Gasteiger partial charge in [0.2, 0.25) is 0 Å². The molecule has 0 aromatic heterocycles. The SMILES string of the molecule is O=C(O)COC[C@@H]1CCNC1. The zero-order chi connectivity index (χ0) is 8.10. The number of rotatable bonds is 4. The Labute approximate surface area is 65.5 Å². The molecule has 1 fully saturated rings. The van der Waals surface area contributed by atoms with Crippen LogP contribution in [0, 0.1) is 5.92 Å². The van der Waals surface area contributed by atoms with E-state index in [0.29, 0.717) is 12.5 Å². The lowest BCUT2D eigenvalue weighted by Gasteiger charge is -2.06. The fraction of sp³-hybridized carbons (Fsp3) is 0.857. The second-order valence-electron chi connectivity index (χ2n) is 2.77. The van der Waals surface area contributed by atoms with Crippen molar-refractivity contribution in [2.75, 3.05) is 26.3 Å². The molecule has 0 aliphatic carbocycles. The van der Waals surface area contributed by atoms with Crippen molar-refractivity contribution >= 4 is 5.97 Å². The van der Waals surface area contributed by atoms with Crippen LogP contribution in [0.25, 0.3) is 0 Å². The highest BCUT2D eigenvalue weighted by Gasteiger charge is 2.14. The Morgan fingerprint density at radius 2 is 2.55 bits per heavy atom. The molecule has 1 heterocycles. The molecule has 1 rings (SSSR count). The first-order valence-electron chi connectivity index (χ1n) is 3.79. The van der Waals surface area contributed by atoms with Crippen LogP contribution >= 0.6 is 0 Å². The number of carbonyl (C=O) groups is 1. The monoisotopic (exact) mass is 159 g/mol. The Morgan fingerprint density at radius 1 is 1.73 bits per heavy atom. The van der Waals surface area contributed by atoms with E-state index < -0.39 is 5.97 Å². The molecule has 11 heavy (non-hydrogen) atoms. The van der Waals surface area contributed by atoms with Gasteiger partial charge in [0.1, 0.15) is 6.61 Å². The minimum atomic E-state index is -0.893. The van der Waals surface area contributed by atoms with Gasteiger partial charge in [-0.25, -0.2) is 4.79 Å². The predicted molar refractivity (Wildman–Crippen MR) is 39.4 cm³/mol. The van der Waals surface area contributed by atoms with Crippen LogP contribution in [-0.4, -0.2) is 37.4 Å². The normalized spacial score (nSPS) is 23.8. The molecular weight excluding hydrogens is 146 g/mol. The van der Waals surface area contributed by atoms with Gasteiger partial charge < -0.3 is 15.2 Å². The van der Waals surface area contributed by atoms with Crippen LogP contribution in [0.2, 0.25) is 0 Å². The summed E-state index contributed by atoms with van der Waals surface area (Å²) in [5.74, 6) is -0.384. The number of aliphatic carboxylic acids is 1. The molecule has 0 radical (unpaired) electrons. The lowest BCUT2D eigenvalue weighted by atomic mass is 10.1. The average molecular weight is 159 g/mol. The Hall–Kier alpha value is -0.610. The number of carboxylic acid groups (broad SMARTS) is 1. The largest absolute Gasteiger partial charge is 0.480 e. The summed E-state index contributed by atoms with van der Waals surface area (Å²) in [7, 11) is 0. The van der Waals surface area contributed by atoms with Gasteiger partial charge in [-0.2, -0.15) is 0 Å². The Balaban J connectivity index is 1.98. The van der Waals surface area contributed by atoms with E-state index in [4.69, 9.17) is 9.84 Å². The van der Waals surface area contributed by atoms with E-state index in [-0.39, 0.29) is 6.61 Å². The lowest BCUT2D eigenvalue weighted by Crippen LogP contribution is -2.16. The van der Waals surface area contributed by atoms with Crippen molar-refractivity contribution in [3.8, 4) is 0 Å². The summed E-state index contributed by atoms with van der Waals surface area (Å²) in [5.41, 5.74) is 0. The van der Waals surface area contributed by atoms with Crippen molar-refractivity contribution in [1.29, 1.82) is 0 Å². The molecule has 1 saturated heterocycles. The fourth-order valence-corrected chi connectivity index (χ4v) is 1.17. The maximum absolute atomic E-state index is 10.0. The number of ether oxygens (including phenoxy) is 1. The van der Waals surface area contributed by atoms with Crippen molar-refractivity contribution in [2.24, 2.45) is 5.92 Å². The summed E-state index contributed by atoms with van der Waals surface area (Å²) in [6.07, 6.45) is 1.10. The van der Waals surface area contributed by atoms with Gasteiger partial charge in [0.25, 0.3) is 0 Å². The molecule has 0 bridgehead atoms. The van der Waals surface area contributed by atoms with Gasteiger partial charge in [-0.3, -0.25) is 0 Å². The molecule has 1 atom stereocenters. The zero-order valence-corrected chi connectivity index (χ0v) is 6.38. The highest BCUT2D eigenvalue weighted by atomic mass is 16.5. The van der Waals surface area contributed by atoms with E-state index in [0.717, 1.165) is 19.5 Å². The van der Waals surface area contributed by atoms with E-state index in [1.165, 1.54) is 0 Å². The topological polar surface area (TPSA) is 58.6 Å². The van der Waals surface area contributed by atoms with Crippen molar-refractivity contribution < 1.29 is 14.6 Å². The zero-order valence-electron chi connectivity index (χ0n) is 6.38. The minimum Gasteiger partial charge on any atom is -0.480 e. The average Bonchev–Trinajstić information content (AvgIpc) is 2.39. The smallest absolute Gasteiger partial charge is 0.329 e. The van der Waals surface area contributed by atoms with Gasteiger partial charge >= 0.3 is 5.97 Å². The van der Waals surface area contributed by atoms with Gasteiger partial charge in [0.05, 0.1) is 6.61 Å². The first-order chi connectivity index (χ1) is 5.29. The van der Waals surface area contributed by atoms with Crippen LogP contribution in [0.5, 0.6) is 0 Å². The third-order valence-corrected chi connectivity index (χ3v) is 1.74. The van der Waals surface area contributed by atoms with Gasteiger partial charge in [-0.15, -0.1) is 0 Å². The molecule has 4 nitrogen and oxygen atoms in total. The quantitative estimate of drug-likeness (QED) is 0.591. The van der Waals surface area contributed by atoms with Crippen LogP contribution in [0.3, 0.4) is 0 Å². The van der Waals surface area contributed by atoms with Crippen LogP contribution < -0.4 is 5.32 Å². The highest BCUT2D eigenvalue weighted by Crippen LogP contribution is 2.06. The third kappa shape index (κ3) is 3.34. The molecule has 4 heteroatoms. The van der Waals surface area contributed by atoms with Crippen molar-refractivity contribution in [2.45, 2.75) is 6.42 Å². The summed E-state index contributed by atoms with van der Waals surface area (Å²) in [4.78, 5) is 10.0. The molecule has 0 unspecified atom stereocenters. The van der Waals surface area contributed by atoms with Crippen LogP contribution in [-0.2, 0) is 9.53 Å². The van der Waals surface area contributed by atoms with E-state index >= 15 is 0 Å². The van der Waals surface area contributed by atoms with E-state index in [1.54, 1.807) is 0 Å². The van der Waals surface area contributed by atoms with Gasteiger partial charge in [0, 0.05) is 6.54 Å². The second-order valence-corrected chi connectivity index (χ2v) is 2.77. The molecule has 0 spiro atoms. The fourth-order valence-electron chi connectivity index (χ4n) is 1.17. The predicted octanol–water partition coefficient (Wildman–Crippen LogP) is -0.303. The number of nitrogens with one attached hydrogen (secondary N) is 1. The second kappa shape index (κ2) is 4.31. The van der Waals surface area contributed by atoms with Crippen molar-refractivity contribution in [3.05, 3.63) is 0 Å². The molecular formula is C7H13NO3. The number of carboxylic acids is 1. The van der Waals surface area contributed by atoms with Crippen molar-refractivity contribution in [3.63, 3.8) is 0 Å². The van der Waals surface area contributed by atoms with Gasteiger partial charge in [-0.1, -0.05) is 0 Å². The van der Waals surface area contributed by atoms with Gasteiger partial charge in [-0.05, 0) is 18.9 Å². The van der Waals surface area contributed by atoms with Crippen LogP contribution in [0.1, 0.15) is 6.42 Å². The molecule has 0 amide bonds. The minimum absolute atomic E-state index is 0.170. The molecule has 0 saturated carbocycles. The Morgan fingerprint density at radius 3 is 3.09 bits per heavy atom. The first kappa shape index (κ1) is 8.49. The van der Waals surface area contributed by atoms with Crippen LogP contribution in [0.4, 0.5) is 0 Å². The molecule has 1 aliphatic heterocycles. The number of hydrogen-bond donors (Lipinski definition) is 2. The highest BCUT2D eigenvalue weighted by molar-refractivity contribution is 5.67. The molecule has 2 N–H and O–H groups in total. The standard InChI is InChI=1S/C7H13NO3/c9-7(10)5-11-4-6-1-2-8-3-6/h6,8H,1-5H2,(H,9,10)/t6-/m1/s1. The maximum atomic E-state index is 10.0. The summed E-state index contributed by atoms with van der Waals surface area (Å²) in [6, 6.07) is 0. The van der Waals surface area contributed by atoms with E-state index in [1.807, 2.05) is 0 Å². The molecule has 0 aromatic rings. The van der Waals surface area contributed by atoms with E-state index in [2.05, 4.69) is 5.32 Å². The summed E-state index contributed by atoms with van der Waals surface area (Å²) in [6.45, 7) is 2.39. The number of hydrogen-bond acceptors (Lipinski definition) is 3. The Kier molecular flexibility index (Phi) is 3.32.